The number of carbonyl (C=O) groups is 1. The molecule has 1 aliphatic carbocycles. The molecule has 5 nitrogen and oxygen atoms in total. The predicted molar refractivity (Wildman–Crippen MR) is 78.6 cm³/mol. The minimum Gasteiger partial charge on any atom is -0.378 e. The van der Waals surface area contributed by atoms with Crippen molar-refractivity contribution in [2.24, 2.45) is 11.1 Å². The maximum absolute atomic E-state index is 12.4. The molecule has 0 saturated heterocycles. The average molecular weight is 298 g/mol. The fourth-order valence-corrected chi connectivity index (χ4v) is 2.61. The number of nitrogens with zero attached hydrogens (tertiary/aromatic N) is 1. The topological polar surface area (TPSA) is 77.2 Å². The molecule has 0 bridgehead atoms. The number of nitrogens with one attached hydrogen (secondary N) is 1. The molecule has 1 amide bonds. The third kappa shape index (κ3) is 2.41. The van der Waals surface area contributed by atoms with Crippen molar-refractivity contribution in [2.75, 3.05) is 11.9 Å². The summed E-state index contributed by atoms with van der Waals surface area (Å²) in [6.45, 7) is 6.45. The van der Waals surface area contributed by atoms with Gasteiger partial charge in [-0.2, -0.15) is 0 Å². The number of rotatable bonds is 4. The summed E-state index contributed by atoms with van der Waals surface area (Å²) in [6.07, 6.45) is 1.99. The molecule has 6 heteroatoms. The van der Waals surface area contributed by atoms with Crippen LogP contribution in [-0.2, 0) is 9.53 Å². The van der Waals surface area contributed by atoms with E-state index in [1.807, 2.05) is 20.8 Å². The molecule has 2 rings (SSSR count). The zero-order valence-corrected chi connectivity index (χ0v) is 12.7. The van der Waals surface area contributed by atoms with Crippen LogP contribution in [0.5, 0.6) is 0 Å². The fourth-order valence-electron chi connectivity index (χ4n) is 2.50. The minimum atomic E-state index is -0.950. The van der Waals surface area contributed by atoms with Gasteiger partial charge in [0.15, 0.2) is 0 Å². The Balaban J connectivity index is 2.08. The summed E-state index contributed by atoms with van der Waals surface area (Å²) in [4.78, 5) is 16.4. The van der Waals surface area contributed by atoms with Gasteiger partial charge < -0.3 is 15.8 Å². The first-order valence-electron chi connectivity index (χ1n) is 6.64. The van der Waals surface area contributed by atoms with Crippen LogP contribution in [0.1, 0.15) is 27.2 Å². The van der Waals surface area contributed by atoms with Crippen LogP contribution in [0.3, 0.4) is 0 Å². The van der Waals surface area contributed by atoms with E-state index in [0.29, 0.717) is 23.9 Å². The highest BCUT2D eigenvalue weighted by molar-refractivity contribution is 6.30. The van der Waals surface area contributed by atoms with Crippen molar-refractivity contribution in [2.45, 2.75) is 38.8 Å². The van der Waals surface area contributed by atoms with E-state index in [2.05, 4.69) is 10.3 Å². The van der Waals surface area contributed by atoms with E-state index < -0.39 is 11.0 Å². The first-order chi connectivity index (χ1) is 9.31. The first-order valence-corrected chi connectivity index (χ1v) is 7.02. The standard InChI is InChI=1S/C14H20ClN3O2/c1-4-20-10-7-14(16,13(10,2)3)12(19)18-11-6-5-9(15)8-17-11/h5-6,8,10H,4,7,16H2,1-3H3,(H,17,18,19). The van der Waals surface area contributed by atoms with Crippen LogP contribution in [-0.4, -0.2) is 29.1 Å². The second kappa shape index (κ2) is 5.31. The first kappa shape index (κ1) is 15.2. The van der Waals surface area contributed by atoms with Gasteiger partial charge in [-0.15, -0.1) is 0 Å². The van der Waals surface area contributed by atoms with Gasteiger partial charge in [0, 0.05) is 24.6 Å². The number of nitrogens with two attached hydrogens (primary N) is 1. The lowest BCUT2D eigenvalue weighted by atomic mass is 9.54. The van der Waals surface area contributed by atoms with E-state index in [4.69, 9.17) is 22.1 Å². The lowest BCUT2D eigenvalue weighted by Crippen LogP contribution is -2.74. The largest absolute Gasteiger partial charge is 0.378 e. The molecule has 1 fully saturated rings. The number of carbonyl (C=O) groups excluding carboxylic acids is 1. The Morgan fingerprint density at radius 2 is 2.30 bits per heavy atom. The van der Waals surface area contributed by atoms with Crippen molar-refractivity contribution in [3.8, 4) is 0 Å². The summed E-state index contributed by atoms with van der Waals surface area (Å²) in [5.74, 6) is 0.202. The molecule has 1 heterocycles. The number of anilines is 1. The minimum absolute atomic E-state index is 0.00132. The summed E-state index contributed by atoms with van der Waals surface area (Å²) < 4.78 is 5.61. The summed E-state index contributed by atoms with van der Waals surface area (Å²) in [7, 11) is 0. The Bertz CT molecular complexity index is 504. The number of amides is 1. The molecule has 1 aliphatic rings. The highest BCUT2D eigenvalue weighted by Gasteiger charge is 2.62. The van der Waals surface area contributed by atoms with E-state index in [-0.39, 0.29) is 12.0 Å². The van der Waals surface area contributed by atoms with E-state index in [9.17, 15) is 4.79 Å². The average Bonchev–Trinajstić information content (AvgIpc) is 2.40. The number of hydrogen-bond acceptors (Lipinski definition) is 4. The van der Waals surface area contributed by atoms with Crippen molar-refractivity contribution in [3.05, 3.63) is 23.4 Å². The number of hydrogen-bond donors (Lipinski definition) is 2. The van der Waals surface area contributed by atoms with Gasteiger partial charge in [-0.3, -0.25) is 4.79 Å². The normalized spacial score (nSPS) is 27.8. The van der Waals surface area contributed by atoms with E-state index >= 15 is 0 Å². The summed E-state index contributed by atoms with van der Waals surface area (Å²) in [5.41, 5.74) is 4.91. The Labute approximate surface area is 123 Å². The zero-order valence-electron chi connectivity index (χ0n) is 11.9. The number of aromatic nitrogens is 1. The molecule has 20 heavy (non-hydrogen) atoms. The van der Waals surface area contributed by atoms with Crippen molar-refractivity contribution < 1.29 is 9.53 Å². The van der Waals surface area contributed by atoms with Gasteiger partial charge in [0.2, 0.25) is 5.91 Å². The molecule has 1 saturated carbocycles. The van der Waals surface area contributed by atoms with Gasteiger partial charge >= 0.3 is 0 Å². The predicted octanol–water partition coefficient (Wildman–Crippen LogP) is 2.21. The third-order valence-electron chi connectivity index (χ3n) is 4.20. The molecule has 1 aromatic heterocycles. The van der Waals surface area contributed by atoms with E-state index in [1.54, 1.807) is 12.1 Å². The molecule has 0 aromatic carbocycles. The van der Waals surface area contributed by atoms with Crippen LogP contribution in [0, 0.1) is 5.41 Å². The molecule has 0 aliphatic heterocycles. The maximum atomic E-state index is 12.4. The summed E-state index contributed by atoms with van der Waals surface area (Å²) in [5, 5.41) is 3.26. The van der Waals surface area contributed by atoms with Gasteiger partial charge in [-0.1, -0.05) is 25.4 Å². The van der Waals surface area contributed by atoms with Crippen molar-refractivity contribution in [3.63, 3.8) is 0 Å². The molecule has 110 valence electrons. The highest BCUT2D eigenvalue weighted by atomic mass is 35.5. The summed E-state index contributed by atoms with van der Waals surface area (Å²) >= 11 is 5.76. The smallest absolute Gasteiger partial charge is 0.246 e. The molecule has 2 atom stereocenters. The molecule has 2 unspecified atom stereocenters. The molecule has 0 radical (unpaired) electrons. The summed E-state index contributed by atoms with van der Waals surface area (Å²) in [6, 6.07) is 3.32. The molecule has 1 aromatic rings. The molecular weight excluding hydrogens is 278 g/mol. The quantitative estimate of drug-likeness (QED) is 0.893. The van der Waals surface area contributed by atoms with Crippen LogP contribution >= 0.6 is 11.6 Å². The van der Waals surface area contributed by atoms with Gasteiger partial charge in [0.25, 0.3) is 0 Å². The molecular formula is C14H20ClN3O2. The van der Waals surface area contributed by atoms with Crippen LogP contribution in [0.2, 0.25) is 5.02 Å². The number of pyridine rings is 1. The van der Waals surface area contributed by atoms with Crippen molar-refractivity contribution in [1.29, 1.82) is 0 Å². The Morgan fingerprint density at radius 1 is 1.60 bits per heavy atom. The number of halogens is 1. The zero-order chi connectivity index (χ0) is 15.0. The second-order valence-corrected chi connectivity index (χ2v) is 6.09. The van der Waals surface area contributed by atoms with Crippen LogP contribution in [0.15, 0.2) is 18.3 Å². The SMILES string of the molecule is CCOC1CC(N)(C(=O)Nc2ccc(Cl)cn2)C1(C)C. The molecule has 3 N–H and O–H groups in total. The monoisotopic (exact) mass is 297 g/mol. The Morgan fingerprint density at radius 3 is 2.80 bits per heavy atom. The fraction of sp³-hybridized carbons (Fsp3) is 0.571. The second-order valence-electron chi connectivity index (χ2n) is 5.66. The Hall–Kier alpha value is -1.17. The van der Waals surface area contributed by atoms with E-state index in [1.165, 1.54) is 6.20 Å². The van der Waals surface area contributed by atoms with Gasteiger partial charge in [0.05, 0.1) is 11.1 Å². The van der Waals surface area contributed by atoms with Crippen molar-refractivity contribution >= 4 is 23.3 Å². The van der Waals surface area contributed by atoms with Gasteiger partial charge in [-0.05, 0) is 19.1 Å². The highest BCUT2D eigenvalue weighted by Crippen LogP contribution is 2.50. The van der Waals surface area contributed by atoms with Crippen LogP contribution in [0.4, 0.5) is 5.82 Å². The van der Waals surface area contributed by atoms with Gasteiger partial charge in [0.1, 0.15) is 11.4 Å². The van der Waals surface area contributed by atoms with Crippen molar-refractivity contribution in [1.82, 2.24) is 4.98 Å². The van der Waals surface area contributed by atoms with Crippen LogP contribution < -0.4 is 11.1 Å². The third-order valence-corrected chi connectivity index (χ3v) is 4.43. The maximum Gasteiger partial charge on any atom is 0.246 e. The lowest BCUT2D eigenvalue weighted by molar-refractivity contribution is -0.166. The van der Waals surface area contributed by atoms with Crippen LogP contribution in [0.25, 0.3) is 0 Å². The van der Waals surface area contributed by atoms with E-state index in [0.717, 1.165) is 0 Å². The Kier molecular flexibility index (Phi) is 4.04. The molecule has 0 spiro atoms. The van der Waals surface area contributed by atoms with Gasteiger partial charge in [-0.25, -0.2) is 4.98 Å². The number of ether oxygens (including phenoxy) is 1. The lowest BCUT2D eigenvalue weighted by Gasteiger charge is -2.57.